The molecule has 3 heterocycles. The van der Waals surface area contributed by atoms with E-state index in [2.05, 4.69) is 16.8 Å². The van der Waals surface area contributed by atoms with Gasteiger partial charge in [0.1, 0.15) is 18.9 Å². The van der Waals surface area contributed by atoms with Crippen LogP contribution in [-0.2, 0) is 16.0 Å². The standard InChI is InChI=1S/C30H35N3O4S/c1-21-9-11-23(12-10-21)31-30(35)32(18-24-7-5-16-36-24)19-29(34)33-15-13-28-25(14-17-38-28)26(33)20-37-27-8-4-3-6-22(27)2/h3-4,6,8-12,14,17,24,26H,5,7,13,15-16,18-20H2,1-2H3,(H,31,35). The first-order valence-corrected chi connectivity index (χ1v) is 14.1. The van der Waals surface area contributed by atoms with E-state index < -0.39 is 0 Å². The van der Waals surface area contributed by atoms with E-state index in [0.29, 0.717) is 32.0 Å². The average molecular weight is 534 g/mol. The first-order chi connectivity index (χ1) is 18.5. The van der Waals surface area contributed by atoms with E-state index in [9.17, 15) is 9.59 Å². The molecule has 2 atom stereocenters. The smallest absolute Gasteiger partial charge is 0.322 e. The molecule has 2 aromatic carbocycles. The van der Waals surface area contributed by atoms with Crippen LogP contribution in [-0.4, -0.2) is 60.7 Å². The molecule has 1 N–H and O–H groups in total. The van der Waals surface area contributed by atoms with Gasteiger partial charge in [0, 0.05) is 30.3 Å². The second-order valence-electron chi connectivity index (χ2n) is 10.0. The second-order valence-corrected chi connectivity index (χ2v) is 11.0. The summed E-state index contributed by atoms with van der Waals surface area (Å²) in [5, 5.41) is 5.05. The lowest BCUT2D eigenvalue weighted by Crippen LogP contribution is -2.50. The van der Waals surface area contributed by atoms with Gasteiger partial charge in [-0.05, 0) is 73.9 Å². The molecule has 200 valence electrons. The van der Waals surface area contributed by atoms with Gasteiger partial charge in [-0.1, -0.05) is 35.9 Å². The molecule has 1 aromatic heterocycles. The number of carbonyl (C=O) groups excluding carboxylic acids is 2. The highest BCUT2D eigenvalue weighted by molar-refractivity contribution is 7.10. The summed E-state index contributed by atoms with van der Waals surface area (Å²) < 4.78 is 12.0. The monoisotopic (exact) mass is 533 g/mol. The van der Waals surface area contributed by atoms with Crippen molar-refractivity contribution in [2.45, 2.75) is 45.3 Å². The molecule has 2 aliphatic rings. The summed E-state index contributed by atoms with van der Waals surface area (Å²) in [7, 11) is 0. The van der Waals surface area contributed by atoms with E-state index in [4.69, 9.17) is 9.47 Å². The highest BCUT2D eigenvalue weighted by Crippen LogP contribution is 2.34. The largest absolute Gasteiger partial charge is 0.491 e. The maximum atomic E-state index is 13.8. The van der Waals surface area contributed by atoms with Gasteiger partial charge < -0.3 is 24.6 Å². The van der Waals surface area contributed by atoms with Crippen LogP contribution in [0.1, 0.15) is 40.5 Å². The average Bonchev–Trinajstić information content (AvgIpc) is 3.61. The molecule has 0 aliphatic carbocycles. The van der Waals surface area contributed by atoms with Gasteiger partial charge in [-0.2, -0.15) is 0 Å². The number of benzene rings is 2. The molecule has 8 heteroatoms. The Morgan fingerprint density at radius 3 is 2.71 bits per heavy atom. The Morgan fingerprint density at radius 2 is 1.95 bits per heavy atom. The number of aryl methyl sites for hydroxylation is 2. The van der Waals surface area contributed by atoms with E-state index in [0.717, 1.165) is 41.7 Å². The summed E-state index contributed by atoms with van der Waals surface area (Å²) in [5.41, 5.74) is 4.02. The number of nitrogens with one attached hydrogen (secondary N) is 1. The number of ether oxygens (including phenoxy) is 2. The number of fused-ring (bicyclic) bond motifs is 1. The fourth-order valence-electron chi connectivity index (χ4n) is 5.11. The highest BCUT2D eigenvalue weighted by Gasteiger charge is 2.34. The number of hydrogen-bond donors (Lipinski definition) is 1. The van der Waals surface area contributed by atoms with Gasteiger partial charge in [0.2, 0.25) is 5.91 Å². The lowest BCUT2D eigenvalue weighted by atomic mass is 10.0. The summed E-state index contributed by atoms with van der Waals surface area (Å²) in [6.07, 6.45) is 2.60. The molecule has 7 nitrogen and oxygen atoms in total. The number of nitrogens with zero attached hydrogens (tertiary/aromatic N) is 2. The van der Waals surface area contributed by atoms with Crippen LogP contribution in [0, 0.1) is 13.8 Å². The molecule has 0 spiro atoms. The van der Waals surface area contributed by atoms with E-state index in [1.807, 2.05) is 67.3 Å². The third-order valence-corrected chi connectivity index (χ3v) is 8.27. The van der Waals surface area contributed by atoms with E-state index in [1.54, 1.807) is 16.2 Å². The summed E-state index contributed by atoms with van der Waals surface area (Å²) >= 11 is 1.73. The van der Waals surface area contributed by atoms with Crippen LogP contribution in [0.4, 0.5) is 10.5 Å². The predicted octanol–water partition coefficient (Wildman–Crippen LogP) is 5.58. The van der Waals surface area contributed by atoms with Gasteiger partial charge in [-0.15, -0.1) is 11.3 Å². The molecule has 1 fully saturated rings. The van der Waals surface area contributed by atoms with Crippen molar-refractivity contribution in [1.82, 2.24) is 9.80 Å². The fourth-order valence-corrected chi connectivity index (χ4v) is 6.04. The van der Waals surface area contributed by atoms with Crippen LogP contribution >= 0.6 is 11.3 Å². The number of thiophene rings is 1. The van der Waals surface area contributed by atoms with Crippen molar-refractivity contribution in [1.29, 1.82) is 0 Å². The Kier molecular flexibility index (Phi) is 8.29. The summed E-state index contributed by atoms with van der Waals surface area (Å²) in [5.74, 6) is 0.733. The summed E-state index contributed by atoms with van der Waals surface area (Å²) in [6, 6.07) is 17.2. The lowest BCUT2D eigenvalue weighted by Gasteiger charge is -2.37. The van der Waals surface area contributed by atoms with E-state index in [1.165, 1.54) is 4.88 Å². The maximum absolute atomic E-state index is 13.8. The normalized spacial score (nSPS) is 18.6. The first-order valence-electron chi connectivity index (χ1n) is 13.3. The SMILES string of the molecule is Cc1ccc(NC(=O)N(CC(=O)N2CCc3sccc3C2COc2ccccc2C)CC2CCCO2)cc1. The van der Waals surface area contributed by atoms with Crippen molar-refractivity contribution in [2.24, 2.45) is 0 Å². The quantitative estimate of drug-likeness (QED) is 0.410. The zero-order chi connectivity index (χ0) is 26.5. The van der Waals surface area contributed by atoms with Crippen LogP contribution in [0.15, 0.2) is 60.0 Å². The van der Waals surface area contributed by atoms with Gasteiger partial charge in [-0.25, -0.2) is 4.79 Å². The number of para-hydroxylation sites is 1. The van der Waals surface area contributed by atoms with Crippen LogP contribution in [0.25, 0.3) is 0 Å². The maximum Gasteiger partial charge on any atom is 0.322 e. The number of hydrogen-bond acceptors (Lipinski definition) is 5. The molecule has 0 saturated carbocycles. The Bertz CT molecular complexity index is 1250. The number of anilines is 1. The first kappa shape index (κ1) is 26.3. The van der Waals surface area contributed by atoms with Gasteiger partial charge in [-0.3, -0.25) is 4.79 Å². The lowest BCUT2D eigenvalue weighted by molar-refractivity contribution is -0.135. The zero-order valence-corrected chi connectivity index (χ0v) is 22.8. The second kappa shape index (κ2) is 12.0. The fraction of sp³-hybridized carbons (Fsp3) is 0.400. The summed E-state index contributed by atoms with van der Waals surface area (Å²) in [4.78, 5) is 31.9. The van der Waals surface area contributed by atoms with Crippen molar-refractivity contribution in [3.05, 3.63) is 81.5 Å². The van der Waals surface area contributed by atoms with Crippen LogP contribution < -0.4 is 10.1 Å². The molecule has 0 bridgehead atoms. The highest BCUT2D eigenvalue weighted by atomic mass is 32.1. The number of carbonyl (C=O) groups is 2. The van der Waals surface area contributed by atoms with Gasteiger partial charge in [0.05, 0.1) is 12.1 Å². The minimum absolute atomic E-state index is 0.0160. The molecule has 3 aromatic rings. The van der Waals surface area contributed by atoms with Crippen molar-refractivity contribution in [3.8, 4) is 5.75 Å². The minimum atomic E-state index is -0.293. The van der Waals surface area contributed by atoms with Gasteiger partial charge in [0.15, 0.2) is 0 Å². The molecule has 0 radical (unpaired) electrons. The molecular formula is C30H35N3O4S. The number of amides is 3. The van der Waals surface area contributed by atoms with Crippen LogP contribution in [0.2, 0.25) is 0 Å². The third-order valence-electron chi connectivity index (χ3n) is 7.27. The Morgan fingerprint density at radius 1 is 1.13 bits per heavy atom. The Labute approximate surface area is 228 Å². The molecular weight excluding hydrogens is 498 g/mol. The van der Waals surface area contributed by atoms with Crippen molar-refractivity contribution in [2.75, 3.05) is 38.2 Å². The molecule has 1 saturated heterocycles. The molecule has 5 rings (SSSR count). The predicted molar refractivity (Wildman–Crippen MR) is 150 cm³/mol. The van der Waals surface area contributed by atoms with Gasteiger partial charge in [0.25, 0.3) is 0 Å². The van der Waals surface area contributed by atoms with Gasteiger partial charge >= 0.3 is 6.03 Å². The molecule has 2 unspecified atom stereocenters. The van der Waals surface area contributed by atoms with Crippen molar-refractivity contribution >= 4 is 29.0 Å². The van der Waals surface area contributed by atoms with E-state index in [-0.39, 0.29) is 30.6 Å². The van der Waals surface area contributed by atoms with Crippen molar-refractivity contribution in [3.63, 3.8) is 0 Å². The topological polar surface area (TPSA) is 71.1 Å². The molecule has 38 heavy (non-hydrogen) atoms. The van der Waals surface area contributed by atoms with Crippen LogP contribution in [0.5, 0.6) is 5.75 Å². The third kappa shape index (κ3) is 6.19. The summed E-state index contributed by atoms with van der Waals surface area (Å²) in [6.45, 7) is 6.04. The molecule has 3 amide bonds. The minimum Gasteiger partial charge on any atom is -0.491 e. The number of urea groups is 1. The van der Waals surface area contributed by atoms with Crippen molar-refractivity contribution < 1.29 is 19.1 Å². The molecule has 2 aliphatic heterocycles. The Balaban J connectivity index is 1.32. The number of rotatable bonds is 8. The van der Waals surface area contributed by atoms with Crippen LogP contribution in [0.3, 0.4) is 0 Å². The zero-order valence-electron chi connectivity index (χ0n) is 22.0. The Hall–Kier alpha value is -3.36. The van der Waals surface area contributed by atoms with E-state index >= 15 is 0 Å².